The van der Waals surface area contributed by atoms with Gasteiger partial charge in [-0.25, -0.2) is 0 Å². The number of benzene rings is 2. The fourth-order valence-electron chi connectivity index (χ4n) is 2.13. The van der Waals surface area contributed by atoms with E-state index in [1.54, 1.807) is 18.2 Å². The normalized spacial score (nSPS) is 10.8. The average Bonchev–Trinajstić information content (AvgIpc) is 2.64. The predicted octanol–water partition coefficient (Wildman–Crippen LogP) is 4.38. The molecule has 2 aromatic carbocycles. The first kappa shape index (κ1) is 20.1. The Bertz CT molecular complexity index is 845. The van der Waals surface area contributed by atoms with Crippen LogP contribution in [0.2, 0.25) is 0 Å². The summed E-state index contributed by atoms with van der Waals surface area (Å²) < 4.78 is 49.4. The summed E-state index contributed by atoms with van der Waals surface area (Å²) in [6.07, 6.45) is -3.89. The van der Waals surface area contributed by atoms with Gasteiger partial charge in [0.25, 0.3) is 5.91 Å². The first-order valence-corrected chi connectivity index (χ1v) is 8.10. The van der Waals surface area contributed by atoms with Crippen LogP contribution in [0.3, 0.4) is 0 Å². The van der Waals surface area contributed by atoms with E-state index in [-0.39, 0.29) is 11.4 Å². The molecule has 0 aromatic heterocycles. The largest absolute Gasteiger partial charge is 0.491 e. The second kappa shape index (κ2) is 8.94. The third-order valence-corrected chi connectivity index (χ3v) is 3.38. The van der Waals surface area contributed by atoms with Gasteiger partial charge in [0.15, 0.2) is 6.61 Å². The molecule has 142 valence electrons. The van der Waals surface area contributed by atoms with Crippen LogP contribution in [0.15, 0.2) is 42.5 Å². The number of carbonyl (C=O) groups is 1. The highest BCUT2D eigenvalue weighted by Crippen LogP contribution is 2.35. The molecule has 0 saturated carbocycles. The lowest BCUT2D eigenvalue weighted by molar-refractivity contribution is -0.137. The highest BCUT2D eigenvalue weighted by atomic mass is 19.4. The molecule has 1 amide bonds. The van der Waals surface area contributed by atoms with Crippen LogP contribution < -0.4 is 14.8 Å². The van der Waals surface area contributed by atoms with E-state index in [1.807, 2.05) is 13.0 Å². The standard InChI is InChI=1S/C19H17F3N2O3/c1-2-8-26-17-7-6-14(19(20,21)22)10-16(17)24-18(25)12-27-15-5-3-4-13(9-15)11-23/h3-7,9-10H,2,8,12H2,1H3,(H,24,25). The van der Waals surface area contributed by atoms with Gasteiger partial charge in [0.05, 0.1) is 29.5 Å². The summed E-state index contributed by atoms with van der Waals surface area (Å²) in [5, 5.41) is 11.2. The van der Waals surface area contributed by atoms with Crippen LogP contribution >= 0.6 is 0 Å². The zero-order valence-electron chi connectivity index (χ0n) is 14.5. The topological polar surface area (TPSA) is 71.3 Å². The van der Waals surface area contributed by atoms with Gasteiger partial charge in [0, 0.05) is 0 Å². The number of alkyl halides is 3. The molecule has 0 aliphatic rings. The zero-order chi connectivity index (χ0) is 19.9. The number of anilines is 1. The molecule has 0 spiro atoms. The molecule has 0 saturated heterocycles. The van der Waals surface area contributed by atoms with Crippen molar-refractivity contribution in [2.45, 2.75) is 19.5 Å². The van der Waals surface area contributed by atoms with Gasteiger partial charge in [0.2, 0.25) is 0 Å². The summed E-state index contributed by atoms with van der Waals surface area (Å²) in [6.45, 7) is 1.72. The molecule has 0 fully saturated rings. The molecule has 0 atom stereocenters. The van der Waals surface area contributed by atoms with E-state index in [0.717, 1.165) is 12.1 Å². The molecule has 8 heteroatoms. The second-order valence-corrected chi connectivity index (χ2v) is 5.53. The molecule has 0 radical (unpaired) electrons. The number of nitriles is 1. The number of hydrogen-bond acceptors (Lipinski definition) is 4. The summed E-state index contributed by atoms with van der Waals surface area (Å²) in [4.78, 5) is 12.1. The minimum absolute atomic E-state index is 0.0855. The lowest BCUT2D eigenvalue weighted by atomic mass is 10.1. The number of rotatable bonds is 7. The van der Waals surface area contributed by atoms with Crippen molar-refractivity contribution in [3.63, 3.8) is 0 Å². The molecule has 2 rings (SSSR count). The first-order chi connectivity index (χ1) is 12.8. The number of amides is 1. The Morgan fingerprint density at radius 1 is 1.19 bits per heavy atom. The zero-order valence-corrected chi connectivity index (χ0v) is 14.5. The van der Waals surface area contributed by atoms with Crippen molar-refractivity contribution in [3.8, 4) is 17.6 Å². The highest BCUT2D eigenvalue weighted by Gasteiger charge is 2.31. The van der Waals surface area contributed by atoms with Crippen molar-refractivity contribution < 1.29 is 27.4 Å². The van der Waals surface area contributed by atoms with Crippen molar-refractivity contribution in [1.29, 1.82) is 5.26 Å². The maximum Gasteiger partial charge on any atom is 0.416 e. The summed E-state index contributed by atoms with van der Waals surface area (Å²) in [6, 6.07) is 11.0. The summed E-state index contributed by atoms with van der Waals surface area (Å²) in [5.41, 5.74) is -0.622. The van der Waals surface area contributed by atoms with Crippen LogP contribution in [0.5, 0.6) is 11.5 Å². The van der Waals surface area contributed by atoms with Crippen molar-refractivity contribution in [1.82, 2.24) is 0 Å². The molecule has 27 heavy (non-hydrogen) atoms. The number of carbonyl (C=O) groups excluding carboxylic acids is 1. The molecule has 2 aromatic rings. The van der Waals surface area contributed by atoms with E-state index in [9.17, 15) is 18.0 Å². The summed E-state index contributed by atoms with van der Waals surface area (Å²) >= 11 is 0. The quantitative estimate of drug-likeness (QED) is 0.776. The van der Waals surface area contributed by atoms with Gasteiger partial charge in [-0.2, -0.15) is 18.4 Å². The van der Waals surface area contributed by atoms with E-state index >= 15 is 0 Å². The van der Waals surface area contributed by atoms with Crippen molar-refractivity contribution in [2.24, 2.45) is 0 Å². The van der Waals surface area contributed by atoms with Gasteiger partial charge in [-0.05, 0) is 42.8 Å². The number of nitrogens with zero attached hydrogens (tertiary/aromatic N) is 1. The fourth-order valence-corrected chi connectivity index (χ4v) is 2.13. The first-order valence-electron chi connectivity index (χ1n) is 8.10. The molecule has 0 aliphatic carbocycles. The number of halogens is 3. The minimum Gasteiger partial charge on any atom is -0.491 e. The Morgan fingerprint density at radius 2 is 1.96 bits per heavy atom. The van der Waals surface area contributed by atoms with Crippen molar-refractivity contribution >= 4 is 11.6 Å². The van der Waals surface area contributed by atoms with Crippen LogP contribution in [-0.4, -0.2) is 19.1 Å². The SMILES string of the molecule is CCCOc1ccc(C(F)(F)F)cc1NC(=O)COc1cccc(C#N)c1. The van der Waals surface area contributed by atoms with Crippen LogP contribution in [0.4, 0.5) is 18.9 Å². The van der Waals surface area contributed by atoms with Gasteiger partial charge in [-0.3, -0.25) is 4.79 Å². The van der Waals surface area contributed by atoms with Crippen LogP contribution in [-0.2, 0) is 11.0 Å². The van der Waals surface area contributed by atoms with Crippen LogP contribution in [0.1, 0.15) is 24.5 Å². The third-order valence-electron chi connectivity index (χ3n) is 3.38. The lowest BCUT2D eigenvalue weighted by Crippen LogP contribution is -2.21. The number of nitrogens with one attached hydrogen (secondary N) is 1. The van der Waals surface area contributed by atoms with E-state index in [2.05, 4.69) is 5.32 Å². The Morgan fingerprint density at radius 3 is 2.63 bits per heavy atom. The van der Waals surface area contributed by atoms with Gasteiger partial charge in [-0.15, -0.1) is 0 Å². The van der Waals surface area contributed by atoms with Crippen LogP contribution in [0, 0.1) is 11.3 Å². The van der Waals surface area contributed by atoms with Crippen molar-refractivity contribution in [3.05, 3.63) is 53.6 Å². The maximum atomic E-state index is 12.9. The average molecular weight is 378 g/mol. The molecule has 0 bridgehead atoms. The van der Waals surface area contributed by atoms with Gasteiger partial charge >= 0.3 is 6.18 Å². The van der Waals surface area contributed by atoms with Crippen molar-refractivity contribution in [2.75, 3.05) is 18.5 Å². The third kappa shape index (κ3) is 5.92. The van der Waals surface area contributed by atoms with E-state index in [1.165, 1.54) is 12.1 Å². The van der Waals surface area contributed by atoms with Gasteiger partial charge in [0.1, 0.15) is 11.5 Å². The van der Waals surface area contributed by atoms with Crippen LogP contribution in [0.25, 0.3) is 0 Å². The molecule has 5 nitrogen and oxygen atoms in total. The second-order valence-electron chi connectivity index (χ2n) is 5.53. The lowest BCUT2D eigenvalue weighted by Gasteiger charge is -2.15. The summed E-state index contributed by atoms with van der Waals surface area (Å²) in [5.74, 6) is -0.210. The van der Waals surface area contributed by atoms with Gasteiger partial charge in [-0.1, -0.05) is 13.0 Å². The highest BCUT2D eigenvalue weighted by molar-refractivity contribution is 5.93. The van der Waals surface area contributed by atoms with Gasteiger partial charge < -0.3 is 14.8 Å². The Balaban J connectivity index is 2.10. The van der Waals surface area contributed by atoms with E-state index < -0.39 is 24.3 Å². The summed E-state index contributed by atoms with van der Waals surface area (Å²) in [7, 11) is 0. The molecule has 0 unspecified atom stereocenters. The molecular weight excluding hydrogens is 361 g/mol. The Hall–Kier alpha value is -3.21. The Labute approximate surface area is 154 Å². The number of ether oxygens (including phenoxy) is 2. The fraction of sp³-hybridized carbons (Fsp3) is 0.263. The van der Waals surface area contributed by atoms with E-state index in [4.69, 9.17) is 14.7 Å². The molecule has 0 aliphatic heterocycles. The monoisotopic (exact) mass is 378 g/mol. The minimum atomic E-state index is -4.54. The predicted molar refractivity (Wildman–Crippen MR) is 92.5 cm³/mol. The molecular formula is C19H17F3N2O3. The number of hydrogen-bond donors (Lipinski definition) is 1. The van der Waals surface area contributed by atoms with E-state index in [0.29, 0.717) is 24.3 Å². The maximum absolute atomic E-state index is 12.9. The Kier molecular flexibility index (Phi) is 6.66. The smallest absolute Gasteiger partial charge is 0.416 e. The molecule has 1 N–H and O–H groups in total. The molecule has 0 heterocycles.